The lowest BCUT2D eigenvalue weighted by Gasteiger charge is -2.30. The Bertz CT molecular complexity index is 3680. The normalized spacial score (nSPS) is 22.1. The molecule has 0 spiro atoms. The SMILES string of the molecule is N#CC1(c2ccc3c(N)ncnn23)O[C@H](COCc2ccccc2)[C@@H](OCc2ccccc2)[C@H]1OCc1ccccc1.Nc1ncnn2c(C3(O)O[C@H](COCc4ccccc4)[C@@H](OCc4ccccc4)[C@H]3OCc3ccccc3)ccc12. The van der Waals surface area contributed by atoms with Crippen molar-refractivity contribution < 1.29 is 43.0 Å². The standard InChI is InChI=1S/C33H31N5O4.C32H32N4O5/c34-22-33(29-17-16-27-32(35)36-23-37-38(27)29)31(41-20-26-14-8-3-9-15-26)30(40-19-25-12-6-2-7-13-25)28(42-33)21-39-18-24-10-4-1-5-11-24;33-31-26-16-17-28(36(26)35-22-34-31)32(37)30(40-20-25-14-8-3-9-15-25)29(39-19-24-12-6-2-7-13-24)27(41-32)21-38-18-23-10-4-1-5-11-23/h1-17,23,28,30-31H,18-21H2,(H2,35,36,37);1-17,22,27,29-30,37H,18-21H2,(H2,33,34,35)/t28-,30-,31-,33?;27-,29-,30-,32?/m11/s1. The topological polar surface area (TPSA) is 230 Å². The molecule has 0 saturated carbocycles. The van der Waals surface area contributed by atoms with Gasteiger partial charge in [0.15, 0.2) is 11.6 Å². The van der Waals surface area contributed by atoms with Gasteiger partial charge in [0.2, 0.25) is 11.4 Å². The predicted octanol–water partition coefficient (Wildman–Crippen LogP) is 9.06. The van der Waals surface area contributed by atoms with Crippen LogP contribution in [0.3, 0.4) is 0 Å². The number of rotatable bonds is 22. The van der Waals surface area contributed by atoms with E-state index in [1.807, 2.05) is 182 Å². The first-order valence-corrected chi connectivity index (χ1v) is 27.3. The highest BCUT2D eigenvalue weighted by atomic mass is 16.7. The van der Waals surface area contributed by atoms with Crippen LogP contribution in [0.2, 0.25) is 0 Å². The predicted molar refractivity (Wildman–Crippen MR) is 308 cm³/mol. The van der Waals surface area contributed by atoms with Crippen molar-refractivity contribution in [1.29, 1.82) is 5.26 Å². The fraction of sp³-hybridized carbons (Fsp3) is 0.246. The zero-order chi connectivity index (χ0) is 56.9. The van der Waals surface area contributed by atoms with Crippen LogP contribution in [-0.2, 0) is 88.9 Å². The van der Waals surface area contributed by atoms with Crippen molar-refractivity contribution in [3.05, 3.63) is 264 Å². The van der Waals surface area contributed by atoms with Crippen molar-refractivity contribution in [2.45, 2.75) is 87.7 Å². The highest BCUT2D eigenvalue weighted by molar-refractivity contribution is 5.66. The number of aliphatic hydroxyl groups is 1. The molecule has 0 radical (unpaired) electrons. The molecular weight excluding hydrogens is 1050 g/mol. The van der Waals surface area contributed by atoms with Gasteiger partial charge in [-0.3, -0.25) is 0 Å². The molecule has 5 N–H and O–H groups in total. The van der Waals surface area contributed by atoms with Gasteiger partial charge in [-0.1, -0.05) is 182 Å². The average molecular weight is 1110 g/mol. The molecular formula is C65H63N9O9. The third kappa shape index (κ3) is 12.8. The summed E-state index contributed by atoms with van der Waals surface area (Å²) in [5.41, 5.74) is 18.6. The summed E-state index contributed by atoms with van der Waals surface area (Å²) in [6.45, 7) is 2.22. The maximum Gasteiger partial charge on any atom is 0.240 e. The molecule has 2 aliphatic heterocycles. The highest BCUT2D eigenvalue weighted by Gasteiger charge is 2.61. The molecule has 2 saturated heterocycles. The second-order valence-corrected chi connectivity index (χ2v) is 20.1. The number of hydrogen-bond acceptors (Lipinski definition) is 16. The third-order valence-electron chi connectivity index (χ3n) is 14.6. The van der Waals surface area contributed by atoms with Crippen molar-refractivity contribution in [1.82, 2.24) is 29.2 Å². The third-order valence-corrected chi connectivity index (χ3v) is 14.6. The lowest BCUT2D eigenvalue weighted by molar-refractivity contribution is -0.256. The second-order valence-electron chi connectivity index (χ2n) is 20.1. The summed E-state index contributed by atoms with van der Waals surface area (Å²) in [5.74, 6) is -1.35. The fourth-order valence-corrected chi connectivity index (χ4v) is 10.5. The minimum absolute atomic E-state index is 0.169. The van der Waals surface area contributed by atoms with E-state index in [-0.39, 0.29) is 32.2 Å². The number of nitrogens with zero attached hydrogens (tertiary/aromatic N) is 7. The molecule has 8 atom stereocenters. The lowest BCUT2D eigenvalue weighted by atomic mass is 9.92. The van der Waals surface area contributed by atoms with Gasteiger partial charge in [0, 0.05) is 0 Å². The minimum atomic E-state index is -1.93. The van der Waals surface area contributed by atoms with Gasteiger partial charge in [0.25, 0.3) is 0 Å². The molecule has 18 heteroatoms. The van der Waals surface area contributed by atoms with E-state index in [1.165, 1.54) is 17.2 Å². The van der Waals surface area contributed by atoms with Gasteiger partial charge in [-0.2, -0.15) is 15.5 Å². The maximum absolute atomic E-state index is 12.3. The van der Waals surface area contributed by atoms with E-state index in [1.54, 1.807) is 28.8 Å². The smallest absolute Gasteiger partial charge is 0.240 e. The first-order chi connectivity index (χ1) is 40.8. The van der Waals surface area contributed by atoms with E-state index < -0.39 is 48.0 Å². The molecule has 10 aromatic rings. The summed E-state index contributed by atoms with van der Waals surface area (Å²) in [5, 5.41) is 31.9. The molecule has 18 nitrogen and oxygen atoms in total. The van der Waals surface area contributed by atoms with Crippen LogP contribution in [0.25, 0.3) is 11.0 Å². The first kappa shape index (κ1) is 56.2. The summed E-state index contributed by atoms with van der Waals surface area (Å²) in [6, 6.07) is 68.6. The highest BCUT2D eigenvalue weighted by Crippen LogP contribution is 2.45. The largest absolute Gasteiger partial charge is 0.382 e. The zero-order valence-electron chi connectivity index (χ0n) is 45.4. The molecule has 2 aliphatic rings. The molecule has 0 bridgehead atoms. The van der Waals surface area contributed by atoms with Gasteiger partial charge in [0.1, 0.15) is 72.1 Å². The Hall–Kier alpha value is -8.71. The van der Waals surface area contributed by atoms with Crippen LogP contribution < -0.4 is 11.5 Å². The van der Waals surface area contributed by atoms with Gasteiger partial charge in [-0.25, -0.2) is 19.0 Å². The first-order valence-electron chi connectivity index (χ1n) is 27.3. The molecule has 12 rings (SSSR count). The van der Waals surface area contributed by atoms with E-state index in [9.17, 15) is 10.4 Å². The van der Waals surface area contributed by atoms with Gasteiger partial charge in [-0.15, -0.1) is 0 Å². The zero-order valence-corrected chi connectivity index (χ0v) is 45.4. The van der Waals surface area contributed by atoms with Crippen LogP contribution in [0.15, 0.2) is 219 Å². The number of nitriles is 1. The summed E-state index contributed by atoms with van der Waals surface area (Å²) in [4.78, 5) is 8.17. The van der Waals surface area contributed by atoms with E-state index in [0.717, 1.165) is 33.4 Å². The van der Waals surface area contributed by atoms with Crippen molar-refractivity contribution in [2.75, 3.05) is 24.7 Å². The van der Waals surface area contributed by atoms with Crippen molar-refractivity contribution in [3.63, 3.8) is 0 Å². The number of anilines is 2. The van der Waals surface area contributed by atoms with Gasteiger partial charge >= 0.3 is 0 Å². The lowest BCUT2D eigenvalue weighted by Crippen LogP contribution is -2.45. The summed E-state index contributed by atoms with van der Waals surface area (Å²) in [7, 11) is 0. The van der Waals surface area contributed by atoms with Crippen LogP contribution in [0, 0.1) is 11.3 Å². The van der Waals surface area contributed by atoms with Crippen LogP contribution in [0.4, 0.5) is 11.6 Å². The monoisotopic (exact) mass is 1110 g/mol. The molecule has 2 unspecified atom stereocenters. The molecule has 0 amide bonds. The van der Waals surface area contributed by atoms with E-state index in [0.29, 0.717) is 54.7 Å². The number of hydrogen-bond donors (Lipinski definition) is 3. The molecule has 83 heavy (non-hydrogen) atoms. The fourth-order valence-electron chi connectivity index (χ4n) is 10.5. The van der Waals surface area contributed by atoms with Gasteiger partial charge < -0.3 is 54.5 Å². The van der Waals surface area contributed by atoms with Crippen LogP contribution >= 0.6 is 0 Å². The maximum atomic E-state index is 12.3. The average Bonchev–Trinajstić information content (AvgIpc) is 3.17. The van der Waals surface area contributed by atoms with Crippen LogP contribution in [0.1, 0.15) is 44.8 Å². The molecule has 2 fully saturated rings. The number of ether oxygens (including phenoxy) is 8. The Balaban J connectivity index is 0.000000174. The Morgan fingerprint density at radius 1 is 0.446 bits per heavy atom. The molecule has 6 heterocycles. The molecule has 422 valence electrons. The Morgan fingerprint density at radius 3 is 1.22 bits per heavy atom. The van der Waals surface area contributed by atoms with Gasteiger partial charge in [0.05, 0.1) is 58.5 Å². The number of benzene rings is 6. The quantitative estimate of drug-likeness (QED) is 0.0575. The van der Waals surface area contributed by atoms with Gasteiger partial charge in [-0.05, 0) is 57.6 Å². The number of nitrogens with two attached hydrogens (primary N) is 2. The van der Waals surface area contributed by atoms with E-state index in [4.69, 9.17) is 49.4 Å². The molecule has 6 aromatic carbocycles. The number of nitrogen functional groups attached to an aromatic ring is 2. The molecule has 4 aromatic heterocycles. The van der Waals surface area contributed by atoms with Crippen molar-refractivity contribution in [3.8, 4) is 6.07 Å². The Labute approximate surface area is 480 Å². The Morgan fingerprint density at radius 2 is 0.795 bits per heavy atom. The summed E-state index contributed by atoms with van der Waals surface area (Å²) in [6.07, 6.45) is -1.65. The van der Waals surface area contributed by atoms with Crippen LogP contribution in [-0.4, -0.2) is 84.1 Å². The summed E-state index contributed by atoms with van der Waals surface area (Å²) >= 11 is 0. The summed E-state index contributed by atoms with van der Waals surface area (Å²) < 4.78 is 54.5. The Kier molecular flexibility index (Phi) is 17.9. The minimum Gasteiger partial charge on any atom is -0.382 e. The second kappa shape index (κ2) is 26.5. The van der Waals surface area contributed by atoms with E-state index in [2.05, 4.69) is 26.2 Å². The van der Waals surface area contributed by atoms with Crippen LogP contribution in [0.5, 0.6) is 0 Å². The van der Waals surface area contributed by atoms with E-state index >= 15 is 0 Å². The number of fused-ring (bicyclic) bond motifs is 2. The molecule has 0 aliphatic carbocycles. The van der Waals surface area contributed by atoms with Crippen molar-refractivity contribution >= 4 is 22.7 Å². The number of aromatic nitrogens is 6. The van der Waals surface area contributed by atoms with Crippen molar-refractivity contribution in [2.24, 2.45) is 0 Å².